The van der Waals surface area contributed by atoms with Gasteiger partial charge >= 0.3 is 29.6 Å². The first kappa shape index (κ1) is 31.4. The van der Waals surface area contributed by atoms with Crippen molar-refractivity contribution < 1.29 is 31.0 Å². The summed E-state index contributed by atoms with van der Waals surface area (Å²) in [5.74, 6) is 1.13. The van der Waals surface area contributed by atoms with Crippen LogP contribution in [0.3, 0.4) is 0 Å². The Kier molecular flexibility index (Phi) is 11.2. The fraction of sp³-hybridized carbons (Fsp3) is 0.433. The van der Waals surface area contributed by atoms with Crippen LogP contribution in [-0.4, -0.2) is 48.9 Å². The van der Waals surface area contributed by atoms with E-state index in [-0.39, 0.29) is 39.4 Å². The molecule has 2 aliphatic heterocycles. The second kappa shape index (κ2) is 13.5. The van der Waals surface area contributed by atoms with Gasteiger partial charge in [0.1, 0.15) is 0 Å². The number of hydrogen-bond donors (Lipinski definition) is 1. The van der Waals surface area contributed by atoms with Gasteiger partial charge in [0.25, 0.3) is 0 Å². The van der Waals surface area contributed by atoms with E-state index in [9.17, 15) is 0 Å². The van der Waals surface area contributed by atoms with Crippen LogP contribution in [-0.2, 0) is 13.1 Å². The van der Waals surface area contributed by atoms with Gasteiger partial charge in [-0.25, -0.2) is 0 Å². The SMILES string of the molecule is CSc1ccc2cc3n(c2c1)CCN=C3C(C)C.CSc1ccc2cc3n(c2c1)CCNC3C(C)C.[B].[H-].[Na+]. The third-order valence-corrected chi connectivity index (χ3v) is 8.81. The summed E-state index contributed by atoms with van der Waals surface area (Å²) in [6, 6.07) is 18.7. The number of fused-ring (bicyclic) bond motifs is 6. The summed E-state index contributed by atoms with van der Waals surface area (Å²) in [5.41, 5.74) is 6.76. The molecule has 8 heteroatoms. The monoisotopic (exact) mass is 553 g/mol. The Hall–Kier alpha value is -1.09. The molecule has 0 fully saturated rings. The summed E-state index contributed by atoms with van der Waals surface area (Å²) in [6.45, 7) is 13.1. The van der Waals surface area contributed by atoms with Crippen molar-refractivity contribution in [2.24, 2.45) is 16.8 Å². The number of aliphatic imine (C=N–C) groups is 1. The molecule has 1 N–H and O–H groups in total. The fourth-order valence-corrected chi connectivity index (χ4v) is 6.41. The fourth-order valence-electron chi connectivity index (χ4n) is 5.55. The molecular weight excluding hydrogens is 514 g/mol. The summed E-state index contributed by atoms with van der Waals surface area (Å²) in [5, 5.41) is 6.34. The molecule has 0 aliphatic carbocycles. The van der Waals surface area contributed by atoms with Gasteiger partial charge in [-0.15, -0.1) is 23.5 Å². The molecule has 0 saturated heterocycles. The van der Waals surface area contributed by atoms with Crippen molar-refractivity contribution in [3.8, 4) is 0 Å². The maximum absolute atomic E-state index is 4.70. The van der Waals surface area contributed by atoms with Crippen LogP contribution in [0.1, 0.15) is 46.6 Å². The van der Waals surface area contributed by atoms with Crippen molar-refractivity contribution in [1.82, 2.24) is 14.5 Å². The minimum Gasteiger partial charge on any atom is -1.00 e. The number of rotatable bonds is 4. The van der Waals surface area contributed by atoms with Gasteiger partial charge in [-0.2, -0.15) is 0 Å². The Morgan fingerprint density at radius 3 is 2.05 bits per heavy atom. The minimum absolute atomic E-state index is 0. The molecule has 195 valence electrons. The van der Waals surface area contributed by atoms with E-state index in [4.69, 9.17) is 4.99 Å². The van der Waals surface area contributed by atoms with Gasteiger partial charge in [0, 0.05) is 66.0 Å². The maximum Gasteiger partial charge on any atom is 1.00 e. The van der Waals surface area contributed by atoms with Gasteiger partial charge < -0.3 is 15.9 Å². The molecule has 38 heavy (non-hydrogen) atoms. The number of benzene rings is 2. The Morgan fingerprint density at radius 2 is 1.47 bits per heavy atom. The van der Waals surface area contributed by atoms with E-state index in [0.717, 1.165) is 26.2 Å². The molecule has 0 amide bonds. The van der Waals surface area contributed by atoms with Crippen LogP contribution in [0.4, 0.5) is 0 Å². The predicted octanol–water partition coefficient (Wildman–Crippen LogP) is 4.22. The molecule has 6 rings (SSSR count). The summed E-state index contributed by atoms with van der Waals surface area (Å²) < 4.78 is 4.92. The molecule has 1 atom stereocenters. The molecule has 0 bridgehead atoms. The second-order valence-electron chi connectivity index (χ2n) is 10.3. The molecule has 2 aromatic carbocycles. The zero-order valence-corrected chi connectivity index (χ0v) is 27.5. The van der Waals surface area contributed by atoms with Crippen molar-refractivity contribution in [2.45, 2.75) is 56.6 Å². The minimum atomic E-state index is 0. The van der Waals surface area contributed by atoms with Gasteiger partial charge in [-0.05, 0) is 66.1 Å². The summed E-state index contributed by atoms with van der Waals surface area (Å²) in [4.78, 5) is 7.38. The third kappa shape index (κ3) is 6.13. The van der Waals surface area contributed by atoms with Gasteiger partial charge in [-0.1, -0.05) is 39.8 Å². The van der Waals surface area contributed by atoms with Crippen LogP contribution in [0, 0.1) is 11.8 Å². The third-order valence-electron chi connectivity index (χ3n) is 7.35. The first-order chi connectivity index (χ1) is 17.4. The normalized spacial score (nSPS) is 16.3. The molecule has 3 radical (unpaired) electrons. The van der Waals surface area contributed by atoms with Crippen molar-refractivity contribution >= 4 is 59.5 Å². The molecule has 4 nitrogen and oxygen atoms in total. The van der Waals surface area contributed by atoms with Crippen LogP contribution in [0.2, 0.25) is 0 Å². The smallest absolute Gasteiger partial charge is 1.00 e. The average Bonchev–Trinajstić information content (AvgIpc) is 3.45. The number of hydrogen-bond acceptors (Lipinski definition) is 4. The van der Waals surface area contributed by atoms with E-state index >= 15 is 0 Å². The van der Waals surface area contributed by atoms with Gasteiger partial charge in [-0.3, -0.25) is 4.99 Å². The van der Waals surface area contributed by atoms with E-state index < -0.39 is 0 Å². The van der Waals surface area contributed by atoms with E-state index in [1.807, 2.05) is 11.8 Å². The van der Waals surface area contributed by atoms with Gasteiger partial charge in [0.05, 0.1) is 18.0 Å². The van der Waals surface area contributed by atoms with Crippen molar-refractivity contribution in [3.63, 3.8) is 0 Å². The van der Waals surface area contributed by atoms with Crippen molar-refractivity contribution in [3.05, 3.63) is 59.9 Å². The van der Waals surface area contributed by atoms with Crippen molar-refractivity contribution in [1.29, 1.82) is 0 Å². The van der Waals surface area contributed by atoms with Crippen LogP contribution in [0.5, 0.6) is 0 Å². The Labute approximate surface area is 262 Å². The van der Waals surface area contributed by atoms with E-state index in [1.54, 1.807) is 11.8 Å². The number of aromatic nitrogens is 2. The van der Waals surface area contributed by atoms with E-state index in [2.05, 4.69) is 103 Å². The van der Waals surface area contributed by atoms with E-state index in [1.165, 1.54) is 48.7 Å². The van der Waals surface area contributed by atoms with Crippen LogP contribution in [0.15, 0.2) is 63.3 Å². The van der Waals surface area contributed by atoms with Gasteiger partial charge in [0.15, 0.2) is 0 Å². The van der Waals surface area contributed by atoms with Gasteiger partial charge in [0.2, 0.25) is 0 Å². The number of thioether (sulfide) groups is 2. The second-order valence-corrected chi connectivity index (χ2v) is 12.1. The molecule has 4 heterocycles. The summed E-state index contributed by atoms with van der Waals surface area (Å²) in [7, 11) is 0. The van der Waals surface area contributed by atoms with Crippen LogP contribution in [0.25, 0.3) is 21.8 Å². The van der Waals surface area contributed by atoms with Crippen LogP contribution < -0.4 is 34.9 Å². The van der Waals surface area contributed by atoms with Crippen LogP contribution >= 0.6 is 23.5 Å². The molecule has 1 unspecified atom stereocenters. The standard InChI is InChI=1S/C15H20N2S.C15H18N2S.B.Na.H/c2*1-10(2)15-14-8-11-4-5-12(18-3)9-13(11)17(14)7-6-16-15;;;/h4-5,8-10,15-16H,6-7H2,1-3H3;4-5,8-10H,6-7H2,1-3H3;;;/q;;;+1;-1. The Morgan fingerprint density at radius 1 is 0.868 bits per heavy atom. The zero-order chi connectivity index (χ0) is 25.4. The molecule has 4 aromatic rings. The molecular formula is C30H39BN4NaS2. The number of nitrogens with one attached hydrogen (secondary N) is 1. The first-order valence-corrected chi connectivity index (χ1v) is 15.5. The zero-order valence-electron chi connectivity index (χ0n) is 24.9. The Balaban J connectivity index is 0.000000254. The first-order valence-electron chi connectivity index (χ1n) is 13.0. The largest absolute Gasteiger partial charge is 1.00 e. The summed E-state index contributed by atoms with van der Waals surface area (Å²) in [6.07, 6.45) is 4.27. The quantitative estimate of drug-likeness (QED) is 0.304. The average molecular weight is 554 g/mol. The maximum atomic E-state index is 4.70. The predicted molar refractivity (Wildman–Crippen MR) is 166 cm³/mol. The molecule has 0 saturated carbocycles. The Bertz CT molecular complexity index is 1430. The number of nitrogens with zero attached hydrogens (tertiary/aromatic N) is 3. The summed E-state index contributed by atoms with van der Waals surface area (Å²) >= 11 is 3.62. The van der Waals surface area contributed by atoms with E-state index in [0.29, 0.717) is 17.9 Å². The molecule has 2 aromatic heterocycles. The molecule has 0 spiro atoms. The molecule has 2 aliphatic rings. The van der Waals surface area contributed by atoms with Crippen molar-refractivity contribution in [2.75, 3.05) is 25.6 Å². The topological polar surface area (TPSA) is 34.2 Å².